The number of amides is 1. The first-order chi connectivity index (χ1) is 25.3. The molecule has 0 saturated heterocycles. The molecule has 2 unspecified atom stereocenters. The molecule has 3 N–H and O–H groups in total. The highest BCUT2D eigenvalue weighted by Crippen LogP contribution is 2.15. The summed E-state index contributed by atoms with van der Waals surface area (Å²) < 4.78 is 32.5. The molecule has 306 valence electrons. The molecule has 0 aromatic rings. The monoisotopic (exact) mass is 752 g/mol. The second-order valence-electron chi connectivity index (χ2n) is 15.3. The van der Waals surface area contributed by atoms with Gasteiger partial charge in [-0.3, -0.25) is 9.35 Å². The average molecular weight is 752 g/mol. The van der Waals surface area contributed by atoms with Crippen LogP contribution in [0.2, 0.25) is 0 Å². The minimum atomic E-state index is -4.36. The maximum atomic E-state index is 12.5. The number of carbonyl (C=O) groups excluding carboxylic acids is 1. The van der Waals surface area contributed by atoms with Crippen molar-refractivity contribution in [1.29, 1.82) is 0 Å². The molecule has 0 aliphatic heterocycles. The van der Waals surface area contributed by atoms with E-state index in [2.05, 4.69) is 43.5 Å². The number of aliphatic hydroxyl groups excluding tert-OH is 1. The van der Waals surface area contributed by atoms with Gasteiger partial charge in [-0.1, -0.05) is 198 Å². The molecule has 52 heavy (non-hydrogen) atoms. The highest BCUT2D eigenvalue weighted by Gasteiger charge is 2.24. The lowest BCUT2D eigenvalue weighted by atomic mass is 10.0. The van der Waals surface area contributed by atoms with Crippen LogP contribution in [0.1, 0.15) is 226 Å². The first-order valence-electron chi connectivity index (χ1n) is 22.2. The molecule has 0 saturated carbocycles. The lowest BCUT2D eigenvalue weighted by Gasteiger charge is -2.21. The Labute approximate surface area is 323 Å². The van der Waals surface area contributed by atoms with Crippen LogP contribution in [0.25, 0.3) is 0 Å². The number of hydrogen-bond donors (Lipinski definition) is 3. The summed E-state index contributed by atoms with van der Waals surface area (Å²) in [5.74, 6) is -1.00. The first-order valence-corrected chi connectivity index (χ1v) is 23.8. The largest absolute Gasteiger partial charge is 0.387 e. The van der Waals surface area contributed by atoms with Gasteiger partial charge in [-0.15, -0.1) is 0 Å². The molecular formula is C45H85NO5S. The fourth-order valence-corrected chi connectivity index (χ4v) is 7.43. The van der Waals surface area contributed by atoms with Gasteiger partial charge in [0.2, 0.25) is 5.91 Å². The third-order valence-corrected chi connectivity index (χ3v) is 10.8. The van der Waals surface area contributed by atoms with Crippen molar-refractivity contribution in [3.8, 4) is 0 Å². The van der Waals surface area contributed by atoms with Crippen molar-refractivity contribution in [2.24, 2.45) is 0 Å². The number of carbonyl (C=O) groups is 1. The van der Waals surface area contributed by atoms with Gasteiger partial charge in [0.05, 0.1) is 17.9 Å². The van der Waals surface area contributed by atoms with E-state index in [-0.39, 0.29) is 12.3 Å². The van der Waals surface area contributed by atoms with E-state index >= 15 is 0 Å². The Morgan fingerprint density at radius 1 is 0.500 bits per heavy atom. The maximum Gasteiger partial charge on any atom is 0.267 e. The molecule has 6 nitrogen and oxygen atoms in total. The van der Waals surface area contributed by atoms with Gasteiger partial charge in [0.25, 0.3) is 10.1 Å². The summed E-state index contributed by atoms with van der Waals surface area (Å²) in [6.07, 6.45) is 51.4. The van der Waals surface area contributed by atoms with Crippen molar-refractivity contribution < 1.29 is 22.9 Å². The summed E-state index contributed by atoms with van der Waals surface area (Å²) in [6.45, 7) is 4.53. The van der Waals surface area contributed by atoms with Crippen LogP contribution in [0.5, 0.6) is 0 Å². The Morgan fingerprint density at radius 3 is 1.21 bits per heavy atom. The summed E-state index contributed by atoms with van der Waals surface area (Å²) in [5.41, 5.74) is 0. The number of aliphatic hydroxyl groups is 1. The fourth-order valence-electron chi connectivity index (χ4n) is 6.70. The summed E-state index contributed by atoms with van der Waals surface area (Å²) in [6, 6.07) is -1.07. The Kier molecular flexibility index (Phi) is 38.2. The van der Waals surface area contributed by atoms with Gasteiger partial charge in [0.15, 0.2) is 0 Å². The van der Waals surface area contributed by atoms with Crippen LogP contribution in [-0.4, -0.2) is 41.9 Å². The van der Waals surface area contributed by atoms with Crippen LogP contribution >= 0.6 is 0 Å². The van der Waals surface area contributed by atoms with Crippen LogP contribution in [0.15, 0.2) is 36.5 Å². The summed E-state index contributed by atoms with van der Waals surface area (Å²) >= 11 is 0. The second kappa shape index (κ2) is 39.3. The SMILES string of the molecule is CCCCCCCC/C=C\CCCCCCCCCC(=O)NC(CS(=O)(=O)O)C(O)/C=C/CC/C=C/CCCCCCCCCCCCCCCC. The molecule has 7 heteroatoms. The molecule has 0 aromatic carbocycles. The zero-order valence-electron chi connectivity index (χ0n) is 34.2. The molecule has 0 aromatic heterocycles. The van der Waals surface area contributed by atoms with Crippen LogP contribution < -0.4 is 5.32 Å². The first kappa shape index (κ1) is 50.6. The zero-order chi connectivity index (χ0) is 38.2. The van der Waals surface area contributed by atoms with Gasteiger partial charge in [0, 0.05) is 6.42 Å². The second-order valence-corrected chi connectivity index (χ2v) is 16.8. The molecule has 0 fully saturated rings. The molecule has 0 radical (unpaired) electrons. The van der Waals surface area contributed by atoms with Crippen LogP contribution in [0.4, 0.5) is 0 Å². The predicted molar refractivity (Wildman–Crippen MR) is 225 cm³/mol. The minimum absolute atomic E-state index is 0.284. The average Bonchev–Trinajstić information content (AvgIpc) is 3.11. The standard InChI is InChI=1S/C45H85NO5S/c1-3-5-7-9-11-13-15-17-19-21-22-23-25-26-28-30-32-34-36-38-40-44(47)43(42-52(49,50)51)46-45(48)41-39-37-35-33-31-29-27-24-20-18-16-14-12-10-8-6-4-2/h18,20,30,32,38,40,43-44,47H,3-17,19,21-29,31,33-37,39,41-42H2,1-2H3,(H,46,48)(H,49,50,51)/b20-18-,32-30+,40-38+. The number of hydrogen-bond acceptors (Lipinski definition) is 4. The topological polar surface area (TPSA) is 104 Å². The van der Waals surface area contributed by atoms with E-state index in [9.17, 15) is 22.9 Å². The van der Waals surface area contributed by atoms with Crippen LogP contribution in [0, 0.1) is 0 Å². The van der Waals surface area contributed by atoms with E-state index in [1.165, 1.54) is 167 Å². The number of unbranched alkanes of at least 4 members (excludes halogenated alkanes) is 28. The third-order valence-electron chi connectivity index (χ3n) is 10.0. The van der Waals surface area contributed by atoms with Gasteiger partial charge >= 0.3 is 0 Å². The maximum absolute atomic E-state index is 12.5. The Hall–Kier alpha value is -1.44. The lowest BCUT2D eigenvalue weighted by Crippen LogP contribution is -2.46. The van der Waals surface area contributed by atoms with Crippen molar-refractivity contribution in [3.63, 3.8) is 0 Å². The molecule has 0 aliphatic rings. The third kappa shape index (κ3) is 39.8. The molecule has 0 rings (SSSR count). The summed E-state index contributed by atoms with van der Waals surface area (Å²) in [5, 5.41) is 13.2. The van der Waals surface area contributed by atoms with E-state index in [1.54, 1.807) is 0 Å². The van der Waals surface area contributed by atoms with Crippen molar-refractivity contribution in [3.05, 3.63) is 36.5 Å². The Bertz CT molecular complexity index is 961. The predicted octanol–water partition coefficient (Wildman–Crippen LogP) is 13.3. The Morgan fingerprint density at radius 2 is 0.827 bits per heavy atom. The van der Waals surface area contributed by atoms with E-state index in [0.717, 1.165) is 44.9 Å². The van der Waals surface area contributed by atoms with Crippen molar-refractivity contribution in [2.75, 3.05) is 5.75 Å². The van der Waals surface area contributed by atoms with E-state index in [1.807, 2.05) is 6.08 Å². The van der Waals surface area contributed by atoms with Gasteiger partial charge in [0.1, 0.15) is 0 Å². The van der Waals surface area contributed by atoms with E-state index in [4.69, 9.17) is 0 Å². The molecule has 0 spiro atoms. The molecule has 0 bridgehead atoms. The molecule has 0 aliphatic carbocycles. The molecule has 2 atom stereocenters. The van der Waals surface area contributed by atoms with Crippen LogP contribution in [-0.2, 0) is 14.9 Å². The molecule has 1 amide bonds. The number of nitrogens with one attached hydrogen (secondary N) is 1. The molecular weight excluding hydrogens is 667 g/mol. The van der Waals surface area contributed by atoms with Gasteiger partial charge in [-0.25, -0.2) is 0 Å². The lowest BCUT2D eigenvalue weighted by molar-refractivity contribution is -0.122. The zero-order valence-corrected chi connectivity index (χ0v) is 35.0. The number of rotatable bonds is 40. The molecule has 0 heterocycles. The highest BCUT2D eigenvalue weighted by molar-refractivity contribution is 7.85. The smallest absolute Gasteiger partial charge is 0.267 e. The highest BCUT2D eigenvalue weighted by atomic mass is 32.2. The van der Waals surface area contributed by atoms with E-state index in [0.29, 0.717) is 0 Å². The summed E-state index contributed by atoms with van der Waals surface area (Å²) in [4.78, 5) is 12.5. The van der Waals surface area contributed by atoms with Crippen molar-refractivity contribution >= 4 is 16.0 Å². The minimum Gasteiger partial charge on any atom is -0.387 e. The quantitative estimate of drug-likeness (QED) is 0.0328. The normalized spacial score (nSPS) is 13.5. The van der Waals surface area contributed by atoms with E-state index < -0.39 is 28.0 Å². The van der Waals surface area contributed by atoms with Crippen LogP contribution in [0.3, 0.4) is 0 Å². The van der Waals surface area contributed by atoms with Crippen molar-refractivity contribution in [2.45, 2.75) is 238 Å². The van der Waals surface area contributed by atoms with Gasteiger partial charge in [-0.05, 0) is 57.8 Å². The van der Waals surface area contributed by atoms with Crippen molar-refractivity contribution in [1.82, 2.24) is 5.32 Å². The number of allylic oxidation sites excluding steroid dienone is 5. The Balaban J connectivity index is 3.92. The van der Waals surface area contributed by atoms with Gasteiger partial charge < -0.3 is 10.4 Å². The fraction of sp³-hybridized carbons (Fsp3) is 0.844. The van der Waals surface area contributed by atoms with Gasteiger partial charge in [-0.2, -0.15) is 8.42 Å². The summed E-state index contributed by atoms with van der Waals surface area (Å²) in [7, 11) is -4.36.